The van der Waals surface area contributed by atoms with Gasteiger partial charge in [-0.3, -0.25) is 0 Å². The van der Waals surface area contributed by atoms with E-state index in [0.717, 1.165) is 22.6 Å². The minimum absolute atomic E-state index is 0.349. The van der Waals surface area contributed by atoms with Crippen molar-refractivity contribution < 1.29 is 14.1 Å². The highest BCUT2D eigenvalue weighted by atomic mass is 16.5. The fourth-order valence-electron chi connectivity index (χ4n) is 1.81. The van der Waals surface area contributed by atoms with Crippen molar-refractivity contribution in [2.45, 2.75) is 13.8 Å². The number of aromatic nitrogens is 1. The monoisotopic (exact) mass is 231 g/mol. The third-order valence-electron chi connectivity index (χ3n) is 2.61. The van der Waals surface area contributed by atoms with Gasteiger partial charge in [0.15, 0.2) is 0 Å². The summed E-state index contributed by atoms with van der Waals surface area (Å²) >= 11 is 0. The van der Waals surface area contributed by atoms with Crippen LogP contribution in [0, 0.1) is 13.8 Å². The second-order valence-corrected chi connectivity index (χ2v) is 3.77. The quantitative estimate of drug-likeness (QED) is 0.746. The van der Waals surface area contributed by atoms with Gasteiger partial charge in [0.05, 0.1) is 18.4 Å². The van der Waals surface area contributed by atoms with Crippen LogP contribution in [0.1, 0.15) is 21.8 Å². The lowest BCUT2D eigenvalue weighted by molar-refractivity contribution is 0.0601. The molecule has 1 aromatic heterocycles. The number of hydrogen-bond donors (Lipinski definition) is 0. The summed E-state index contributed by atoms with van der Waals surface area (Å²) < 4.78 is 9.80. The van der Waals surface area contributed by atoms with Gasteiger partial charge in [0.25, 0.3) is 0 Å². The molecule has 17 heavy (non-hydrogen) atoms. The smallest absolute Gasteiger partial charge is 0.337 e. The van der Waals surface area contributed by atoms with Gasteiger partial charge >= 0.3 is 5.97 Å². The van der Waals surface area contributed by atoms with E-state index in [4.69, 9.17) is 9.26 Å². The summed E-state index contributed by atoms with van der Waals surface area (Å²) in [6.07, 6.45) is 0. The Kier molecular flexibility index (Phi) is 2.95. The highest BCUT2D eigenvalue weighted by Gasteiger charge is 2.13. The molecule has 0 bridgehead atoms. The first kappa shape index (κ1) is 11.4. The molecule has 0 aliphatic rings. The molecule has 1 aromatic carbocycles. The summed E-state index contributed by atoms with van der Waals surface area (Å²) in [6.45, 7) is 3.72. The molecule has 0 fully saturated rings. The van der Waals surface area contributed by atoms with Crippen molar-refractivity contribution in [1.29, 1.82) is 0 Å². The van der Waals surface area contributed by atoms with Crippen LogP contribution in [-0.4, -0.2) is 18.2 Å². The fraction of sp³-hybridized carbons (Fsp3) is 0.231. The Labute approximate surface area is 99.2 Å². The Hall–Kier alpha value is -2.10. The molecule has 0 unspecified atom stereocenters. The largest absolute Gasteiger partial charge is 0.465 e. The van der Waals surface area contributed by atoms with E-state index >= 15 is 0 Å². The van der Waals surface area contributed by atoms with E-state index in [0.29, 0.717) is 5.56 Å². The minimum atomic E-state index is -0.349. The molecule has 0 spiro atoms. The lowest BCUT2D eigenvalue weighted by atomic mass is 10.0. The molecule has 1 heterocycles. The Bertz CT molecular complexity index is 538. The van der Waals surface area contributed by atoms with E-state index in [2.05, 4.69) is 5.16 Å². The molecular weight excluding hydrogens is 218 g/mol. The van der Waals surface area contributed by atoms with E-state index in [-0.39, 0.29) is 5.97 Å². The first-order valence-electron chi connectivity index (χ1n) is 5.25. The molecule has 0 saturated carbocycles. The maximum absolute atomic E-state index is 11.4. The summed E-state index contributed by atoms with van der Waals surface area (Å²) in [5, 5.41) is 3.90. The highest BCUT2D eigenvalue weighted by molar-refractivity contribution is 5.91. The standard InChI is InChI=1S/C13H13NO3/c1-8-12(9(2)17-14-8)10-5-4-6-11(7-10)13(15)16-3/h4-7H,1-3H3. The number of hydrogen-bond acceptors (Lipinski definition) is 4. The topological polar surface area (TPSA) is 52.3 Å². The highest BCUT2D eigenvalue weighted by Crippen LogP contribution is 2.27. The van der Waals surface area contributed by atoms with Crippen molar-refractivity contribution in [3.05, 3.63) is 41.3 Å². The van der Waals surface area contributed by atoms with E-state index in [1.54, 1.807) is 12.1 Å². The van der Waals surface area contributed by atoms with Gasteiger partial charge in [-0.15, -0.1) is 0 Å². The molecule has 0 saturated heterocycles. The Morgan fingerprint density at radius 3 is 2.71 bits per heavy atom. The summed E-state index contributed by atoms with van der Waals surface area (Å²) in [5.41, 5.74) is 3.16. The maximum atomic E-state index is 11.4. The zero-order chi connectivity index (χ0) is 12.4. The average Bonchev–Trinajstić information content (AvgIpc) is 2.68. The Morgan fingerprint density at radius 2 is 2.12 bits per heavy atom. The zero-order valence-electron chi connectivity index (χ0n) is 9.98. The summed E-state index contributed by atoms with van der Waals surface area (Å²) in [6, 6.07) is 7.22. The van der Waals surface area contributed by atoms with Gasteiger partial charge in [-0.05, 0) is 31.5 Å². The van der Waals surface area contributed by atoms with Gasteiger partial charge in [0.2, 0.25) is 0 Å². The number of nitrogens with zero attached hydrogens (tertiary/aromatic N) is 1. The van der Waals surface area contributed by atoms with Crippen LogP contribution < -0.4 is 0 Å². The van der Waals surface area contributed by atoms with Crippen molar-refractivity contribution >= 4 is 5.97 Å². The molecule has 0 N–H and O–H groups in total. The van der Waals surface area contributed by atoms with Gasteiger partial charge in [-0.1, -0.05) is 17.3 Å². The van der Waals surface area contributed by atoms with Crippen molar-refractivity contribution in [3.8, 4) is 11.1 Å². The average molecular weight is 231 g/mol. The van der Waals surface area contributed by atoms with Crippen LogP contribution in [0.25, 0.3) is 11.1 Å². The lowest BCUT2D eigenvalue weighted by Crippen LogP contribution is -2.00. The van der Waals surface area contributed by atoms with E-state index in [1.807, 2.05) is 26.0 Å². The van der Waals surface area contributed by atoms with Gasteiger partial charge in [0.1, 0.15) is 5.76 Å². The molecule has 2 aromatic rings. The van der Waals surface area contributed by atoms with E-state index < -0.39 is 0 Å². The van der Waals surface area contributed by atoms with Crippen LogP contribution in [0.2, 0.25) is 0 Å². The van der Waals surface area contributed by atoms with Crippen molar-refractivity contribution in [1.82, 2.24) is 5.16 Å². The summed E-state index contributed by atoms with van der Waals surface area (Å²) in [4.78, 5) is 11.4. The van der Waals surface area contributed by atoms with Gasteiger partial charge in [-0.25, -0.2) is 4.79 Å². The van der Waals surface area contributed by atoms with Crippen LogP contribution in [0.3, 0.4) is 0 Å². The minimum Gasteiger partial charge on any atom is -0.465 e. The molecule has 0 aliphatic heterocycles. The fourth-order valence-corrected chi connectivity index (χ4v) is 1.81. The van der Waals surface area contributed by atoms with Crippen molar-refractivity contribution in [2.75, 3.05) is 7.11 Å². The first-order valence-corrected chi connectivity index (χ1v) is 5.25. The molecule has 2 rings (SSSR count). The number of rotatable bonds is 2. The number of benzene rings is 1. The van der Waals surface area contributed by atoms with E-state index in [1.165, 1.54) is 7.11 Å². The van der Waals surface area contributed by atoms with Crippen molar-refractivity contribution in [2.24, 2.45) is 0 Å². The number of carbonyl (C=O) groups is 1. The van der Waals surface area contributed by atoms with Gasteiger partial charge in [-0.2, -0.15) is 0 Å². The van der Waals surface area contributed by atoms with Gasteiger partial charge < -0.3 is 9.26 Å². The van der Waals surface area contributed by atoms with Crippen LogP contribution in [0.15, 0.2) is 28.8 Å². The van der Waals surface area contributed by atoms with Crippen LogP contribution >= 0.6 is 0 Å². The Morgan fingerprint density at radius 1 is 1.35 bits per heavy atom. The van der Waals surface area contributed by atoms with Crippen LogP contribution in [0.5, 0.6) is 0 Å². The van der Waals surface area contributed by atoms with E-state index in [9.17, 15) is 4.79 Å². The molecular formula is C13H13NO3. The second kappa shape index (κ2) is 4.41. The first-order chi connectivity index (χ1) is 8.13. The number of carbonyl (C=O) groups excluding carboxylic acids is 1. The third-order valence-corrected chi connectivity index (χ3v) is 2.61. The molecule has 0 aliphatic carbocycles. The predicted molar refractivity (Wildman–Crippen MR) is 62.8 cm³/mol. The number of ether oxygens (including phenoxy) is 1. The van der Waals surface area contributed by atoms with Crippen molar-refractivity contribution in [3.63, 3.8) is 0 Å². The second-order valence-electron chi connectivity index (χ2n) is 3.77. The van der Waals surface area contributed by atoms with Crippen LogP contribution in [-0.2, 0) is 4.74 Å². The normalized spacial score (nSPS) is 10.3. The molecule has 4 heteroatoms. The van der Waals surface area contributed by atoms with Gasteiger partial charge in [0, 0.05) is 5.56 Å². The molecule has 4 nitrogen and oxygen atoms in total. The maximum Gasteiger partial charge on any atom is 0.337 e. The number of esters is 1. The lowest BCUT2D eigenvalue weighted by Gasteiger charge is -2.03. The molecule has 88 valence electrons. The third kappa shape index (κ3) is 2.06. The molecule has 0 amide bonds. The SMILES string of the molecule is COC(=O)c1cccc(-c2c(C)noc2C)c1. The predicted octanol–water partition coefficient (Wildman–Crippen LogP) is 2.75. The summed E-state index contributed by atoms with van der Waals surface area (Å²) in [5.74, 6) is 0.392. The zero-order valence-corrected chi connectivity index (χ0v) is 9.98. The number of methoxy groups -OCH3 is 1. The molecule has 0 radical (unpaired) electrons. The van der Waals surface area contributed by atoms with Crippen LogP contribution in [0.4, 0.5) is 0 Å². The Balaban J connectivity index is 2.50. The summed E-state index contributed by atoms with van der Waals surface area (Å²) in [7, 11) is 1.37. The molecule has 0 atom stereocenters. The number of aryl methyl sites for hydroxylation is 2.